The van der Waals surface area contributed by atoms with Gasteiger partial charge < -0.3 is 4.74 Å². The summed E-state index contributed by atoms with van der Waals surface area (Å²) in [6.45, 7) is 6.32. The van der Waals surface area contributed by atoms with E-state index in [1.54, 1.807) is 0 Å². The van der Waals surface area contributed by atoms with Crippen LogP contribution < -0.4 is 0 Å². The molecule has 1 aliphatic heterocycles. The van der Waals surface area contributed by atoms with Gasteiger partial charge in [-0.2, -0.15) is 0 Å². The number of carbonyl (C=O) groups is 1. The maximum atomic E-state index is 12.6. The highest BCUT2D eigenvalue weighted by atomic mass is 16.5. The van der Waals surface area contributed by atoms with Crippen molar-refractivity contribution in [2.45, 2.75) is 32.4 Å². The molecule has 0 aliphatic carbocycles. The lowest BCUT2D eigenvalue weighted by Crippen LogP contribution is -2.27. The third-order valence-corrected chi connectivity index (χ3v) is 4.53. The van der Waals surface area contributed by atoms with Crippen LogP contribution in [0.1, 0.15) is 30.9 Å². The second-order valence-electron chi connectivity index (χ2n) is 6.79. The highest BCUT2D eigenvalue weighted by Gasteiger charge is 2.39. The van der Waals surface area contributed by atoms with Crippen LogP contribution in [0.5, 0.6) is 0 Å². The third-order valence-electron chi connectivity index (χ3n) is 4.53. The Morgan fingerprint density at radius 1 is 1.04 bits per heavy atom. The summed E-state index contributed by atoms with van der Waals surface area (Å²) in [6.07, 6.45) is -0.0721. The van der Waals surface area contributed by atoms with Gasteiger partial charge in [0.25, 0.3) is 0 Å². The van der Waals surface area contributed by atoms with Gasteiger partial charge in [-0.25, -0.2) is 0 Å². The molecule has 0 spiro atoms. The van der Waals surface area contributed by atoms with Crippen LogP contribution in [-0.4, -0.2) is 30.1 Å². The zero-order chi connectivity index (χ0) is 16.9. The lowest BCUT2D eigenvalue weighted by Gasteiger charge is -2.19. The average molecular weight is 323 g/mol. The van der Waals surface area contributed by atoms with E-state index in [2.05, 4.69) is 41.3 Å². The number of hydrogen-bond acceptors (Lipinski definition) is 3. The second-order valence-corrected chi connectivity index (χ2v) is 6.79. The summed E-state index contributed by atoms with van der Waals surface area (Å²) in [7, 11) is 0. The van der Waals surface area contributed by atoms with E-state index < -0.39 is 0 Å². The molecule has 1 aliphatic rings. The normalized spacial score (nSPS) is 21.1. The average Bonchev–Trinajstić information content (AvgIpc) is 3.00. The summed E-state index contributed by atoms with van der Waals surface area (Å²) in [4.78, 5) is 14.9. The minimum Gasteiger partial charge on any atom is -0.463 e. The predicted molar refractivity (Wildman–Crippen MR) is 95.6 cm³/mol. The van der Waals surface area contributed by atoms with Crippen LogP contribution in [0.2, 0.25) is 0 Å². The molecule has 3 heteroatoms. The monoisotopic (exact) mass is 323 g/mol. The molecule has 24 heavy (non-hydrogen) atoms. The summed E-state index contributed by atoms with van der Waals surface area (Å²) in [5, 5.41) is 0. The molecule has 3 nitrogen and oxygen atoms in total. The number of nitrogens with zero attached hydrogens (tertiary/aromatic N) is 1. The molecule has 2 aromatic rings. The first-order chi connectivity index (χ1) is 11.6. The molecule has 2 atom stereocenters. The van der Waals surface area contributed by atoms with Crippen LogP contribution in [0.25, 0.3) is 0 Å². The predicted octanol–water partition coefficient (Wildman–Crippen LogP) is 3.85. The minimum atomic E-state index is -0.0986. The molecule has 0 radical (unpaired) electrons. The first-order valence-electron chi connectivity index (χ1n) is 8.65. The molecule has 0 amide bonds. The summed E-state index contributed by atoms with van der Waals surface area (Å²) < 4.78 is 5.52. The zero-order valence-electron chi connectivity index (χ0n) is 14.4. The molecule has 0 N–H and O–H groups in total. The highest BCUT2D eigenvalue weighted by Crippen LogP contribution is 2.34. The Kier molecular flexibility index (Phi) is 5.31. The SMILES string of the molecule is CC(C)OC(=O)[C@@H]1CN(Cc2ccccc2)C[C@H]1c1ccccc1. The van der Waals surface area contributed by atoms with Crippen molar-refractivity contribution in [3.05, 3.63) is 71.8 Å². The van der Waals surface area contributed by atoms with Gasteiger partial charge in [-0.1, -0.05) is 60.7 Å². The van der Waals surface area contributed by atoms with Crippen LogP contribution in [-0.2, 0) is 16.1 Å². The van der Waals surface area contributed by atoms with Gasteiger partial charge in [-0.15, -0.1) is 0 Å². The topological polar surface area (TPSA) is 29.5 Å². The number of ether oxygens (including phenoxy) is 1. The van der Waals surface area contributed by atoms with E-state index in [4.69, 9.17) is 4.74 Å². The Bertz CT molecular complexity index is 654. The molecule has 1 saturated heterocycles. The van der Waals surface area contributed by atoms with E-state index in [0.29, 0.717) is 0 Å². The molecule has 3 rings (SSSR count). The molecular weight excluding hydrogens is 298 g/mol. The number of carbonyl (C=O) groups excluding carboxylic acids is 1. The summed E-state index contributed by atoms with van der Waals surface area (Å²) in [5.41, 5.74) is 2.50. The van der Waals surface area contributed by atoms with Crippen molar-refractivity contribution < 1.29 is 9.53 Å². The second kappa shape index (κ2) is 7.63. The van der Waals surface area contributed by atoms with Crippen LogP contribution in [0.3, 0.4) is 0 Å². The lowest BCUT2D eigenvalue weighted by atomic mass is 9.89. The Hall–Kier alpha value is -2.13. The molecule has 0 unspecified atom stereocenters. The van der Waals surface area contributed by atoms with E-state index in [1.807, 2.05) is 38.1 Å². The number of rotatable bonds is 5. The van der Waals surface area contributed by atoms with Gasteiger partial charge in [0.2, 0.25) is 0 Å². The summed E-state index contributed by atoms with van der Waals surface area (Å²) >= 11 is 0. The molecular formula is C21H25NO2. The van der Waals surface area contributed by atoms with Crippen LogP contribution in [0.4, 0.5) is 0 Å². The summed E-state index contributed by atoms with van der Waals surface area (Å²) in [5.74, 6) is 0.0223. The van der Waals surface area contributed by atoms with Crippen molar-refractivity contribution in [3.63, 3.8) is 0 Å². The number of benzene rings is 2. The molecule has 0 aromatic heterocycles. The standard InChI is InChI=1S/C21H25NO2/c1-16(2)24-21(23)20-15-22(13-17-9-5-3-6-10-17)14-19(20)18-11-7-4-8-12-18/h3-12,16,19-20H,13-15H2,1-2H3/t19-,20+/m0/s1. The Morgan fingerprint density at radius 3 is 2.29 bits per heavy atom. The lowest BCUT2D eigenvalue weighted by molar-refractivity contribution is -0.152. The number of esters is 1. The van der Waals surface area contributed by atoms with E-state index >= 15 is 0 Å². The van der Waals surface area contributed by atoms with Crippen molar-refractivity contribution in [2.24, 2.45) is 5.92 Å². The Morgan fingerprint density at radius 2 is 1.67 bits per heavy atom. The van der Waals surface area contributed by atoms with Crippen molar-refractivity contribution in [3.8, 4) is 0 Å². The van der Waals surface area contributed by atoms with Crippen LogP contribution in [0, 0.1) is 5.92 Å². The first-order valence-corrected chi connectivity index (χ1v) is 8.65. The Balaban J connectivity index is 1.77. The van der Waals surface area contributed by atoms with Gasteiger partial charge in [0.05, 0.1) is 12.0 Å². The van der Waals surface area contributed by atoms with Crippen molar-refractivity contribution in [1.29, 1.82) is 0 Å². The van der Waals surface area contributed by atoms with E-state index in [0.717, 1.165) is 19.6 Å². The number of hydrogen-bond donors (Lipinski definition) is 0. The maximum Gasteiger partial charge on any atom is 0.311 e. The van der Waals surface area contributed by atoms with E-state index in [-0.39, 0.29) is 23.9 Å². The van der Waals surface area contributed by atoms with E-state index in [9.17, 15) is 4.79 Å². The molecule has 126 valence electrons. The van der Waals surface area contributed by atoms with Gasteiger partial charge in [-0.3, -0.25) is 9.69 Å². The molecule has 0 saturated carbocycles. The minimum absolute atomic E-state index is 0.0721. The molecule has 0 bridgehead atoms. The van der Waals surface area contributed by atoms with Crippen LogP contribution >= 0.6 is 0 Å². The van der Waals surface area contributed by atoms with Crippen LogP contribution in [0.15, 0.2) is 60.7 Å². The van der Waals surface area contributed by atoms with Gasteiger partial charge in [0.15, 0.2) is 0 Å². The fourth-order valence-corrected chi connectivity index (χ4v) is 3.45. The third kappa shape index (κ3) is 4.04. The smallest absolute Gasteiger partial charge is 0.311 e. The first kappa shape index (κ1) is 16.7. The zero-order valence-corrected chi connectivity index (χ0v) is 14.4. The molecule has 2 aromatic carbocycles. The van der Waals surface area contributed by atoms with Crippen molar-refractivity contribution in [1.82, 2.24) is 4.90 Å². The quantitative estimate of drug-likeness (QED) is 0.783. The molecule has 1 fully saturated rings. The summed E-state index contributed by atoms with van der Waals surface area (Å²) in [6, 6.07) is 20.8. The van der Waals surface area contributed by atoms with Crippen molar-refractivity contribution in [2.75, 3.05) is 13.1 Å². The van der Waals surface area contributed by atoms with Gasteiger partial charge in [-0.05, 0) is 25.0 Å². The maximum absolute atomic E-state index is 12.6. The highest BCUT2D eigenvalue weighted by molar-refractivity contribution is 5.74. The number of likely N-dealkylation sites (tertiary alicyclic amines) is 1. The van der Waals surface area contributed by atoms with Gasteiger partial charge in [0, 0.05) is 25.6 Å². The Labute approximate surface area is 144 Å². The van der Waals surface area contributed by atoms with E-state index in [1.165, 1.54) is 11.1 Å². The fraction of sp³-hybridized carbons (Fsp3) is 0.381. The molecule has 1 heterocycles. The van der Waals surface area contributed by atoms with Gasteiger partial charge in [0.1, 0.15) is 0 Å². The largest absolute Gasteiger partial charge is 0.463 e. The van der Waals surface area contributed by atoms with Gasteiger partial charge >= 0.3 is 5.97 Å². The fourth-order valence-electron chi connectivity index (χ4n) is 3.45. The van der Waals surface area contributed by atoms with Crippen molar-refractivity contribution >= 4 is 5.97 Å².